The predicted octanol–water partition coefficient (Wildman–Crippen LogP) is 2.39. The zero-order valence-corrected chi connectivity index (χ0v) is 14.9. The molecule has 0 aromatic heterocycles. The third-order valence-electron chi connectivity index (χ3n) is 3.78. The SMILES string of the molecule is C[Si](C)(C)NC[SiH2]C1(c2cc[c]cc2)CCCCO1. The Kier molecular flexibility index (Phi) is 5.00. The van der Waals surface area contributed by atoms with Crippen molar-refractivity contribution in [3.63, 3.8) is 0 Å². The van der Waals surface area contributed by atoms with Gasteiger partial charge in [-0.25, -0.2) is 0 Å². The molecule has 1 fully saturated rings. The van der Waals surface area contributed by atoms with Crippen LogP contribution in [0.15, 0.2) is 24.3 Å². The Hall–Kier alpha value is -0.426. The number of nitrogens with one attached hydrogen (secondary N) is 1. The van der Waals surface area contributed by atoms with Crippen LogP contribution in [0.4, 0.5) is 0 Å². The number of hydrogen-bond donors (Lipinski definition) is 1. The van der Waals surface area contributed by atoms with Crippen molar-refractivity contribution in [2.24, 2.45) is 0 Å². The van der Waals surface area contributed by atoms with Gasteiger partial charge in [-0.1, -0.05) is 43.9 Å². The normalized spacial score (nSPS) is 25.0. The minimum Gasteiger partial charge on any atom is -0.375 e. The van der Waals surface area contributed by atoms with Gasteiger partial charge in [0.25, 0.3) is 0 Å². The highest BCUT2D eigenvalue weighted by atomic mass is 28.3. The molecule has 4 heteroatoms. The van der Waals surface area contributed by atoms with Crippen LogP contribution < -0.4 is 4.98 Å². The van der Waals surface area contributed by atoms with Crippen molar-refractivity contribution in [3.05, 3.63) is 35.9 Å². The summed E-state index contributed by atoms with van der Waals surface area (Å²) >= 11 is 0. The van der Waals surface area contributed by atoms with Crippen molar-refractivity contribution >= 4 is 17.8 Å². The molecule has 2 nitrogen and oxygen atoms in total. The van der Waals surface area contributed by atoms with Gasteiger partial charge in [-0.3, -0.25) is 0 Å². The highest BCUT2D eigenvalue weighted by molar-refractivity contribution is 6.74. The molecule has 1 saturated heterocycles. The minimum atomic E-state index is -1.15. The number of hydrogen-bond acceptors (Lipinski definition) is 2. The van der Waals surface area contributed by atoms with E-state index >= 15 is 0 Å². The fraction of sp³-hybridized carbons (Fsp3) is 0.600. The summed E-state index contributed by atoms with van der Waals surface area (Å²) in [4.78, 5) is 3.78. The van der Waals surface area contributed by atoms with Gasteiger partial charge in [0, 0.05) is 6.61 Å². The number of benzene rings is 1. The summed E-state index contributed by atoms with van der Waals surface area (Å²) in [7, 11) is -1.48. The zero-order chi connectivity index (χ0) is 13.8. The molecule has 1 aromatic carbocycles. The molecule has 1 heterocycles. The lowest BCUT2D eigenvalue weighted by molar-refractivity contribution is -0.0240. The Labute approximate surface area is 120 Å². The average Bonchev–Trinajstić information content (AvgIpc) is 2.39. The summed E-state index contributed by atoms with van der Waals surface area (Å²) in [5, 5.41) is 0.0694. The van der Waals surface area contributed by atoms with Crippen LogP contribution in [0.3, 0.4) is 0 Å². The second-order valence-corrected chi connectivity index (χ2v) is 13.5. The van der Waals surface area contributed by atoms with Crippen molar-refractivity contribution in [3.8, 4) is 0 Å². The molecule has 1 N–H and O–H groups in total. The van der Waals surface area contributed by atoms with E-state index < -0.39 is 8.24 Å². The Morgan fingerprint density at radius 2 is 2.05 bits per heavy atom. The Bertz CT molecular complexity index is 383. The van der Waals surface area contributed by atoms with Crippen LogP contribution in [0.2, 0.25) is 19.6 Å². The molecule has 1 unspecified atom stereocenters. The van der Waals surface area contributed by atoms with Crippen LogP contribution in [-0.4, -0.2) is 30.5 Å². The topological polar surface area (TPSA) is 21.3 Å². The van der Waals surface area contributed by atoms with Gasteiger partial charge in [0.2, 0.25) is 0 Å². The van der Waals surface area contributed by atoms with Crippen molar-refractivity contribution in [1.29, 1.82) is 0 Å². The molecule has 2 rings (SSSR count). The van der Waals surface area contributed by atoms with Gasteiger partial charge in [-0.2, -0.15) is 0 Å². The lowest BCUT2D eigenvalue weighted by atomic mass is 10.0. The molecule has 0 bridgehead atoms. The summed E-state index contributed by atoms with van der Waals surface area (Å²) in [5.74, 6) is 0. The smallest absolute Gasteiger partial charge is 0.116 e. The minimum absolute atomic E-state index is 0.0694. The molecule has 1 radical (unpaired) electrons. The molecule has 19 heavy (non-hydrogen) atoms. The molecular formula is C15H26NOSi2. The quantitative estimate of drug-likeness (QED) is 0.842. The summed E-state index contributed by atoms with van der Waals surface area (Å²) < 4.78 is 6.29. The van der Waals surface area contributed by atoms with Crippen LogP contribution in [0.1, 0.15) is 24.8 Å². The second-order valence-electron chi connectivity index (χ2n) is 6.52. The first-order valence-corrected chi connectivity index (χ1v) is 12.6. The molecule has 1 aliphatic heterocycles. The van der Waals surface area contributed by atoms with Crippen LogP contribution in [0.25, 0.3) is 0 Å². The molecule has 105 valence electrons. The molecule has 1 aromatic rings. The van der Waals surface area contributed by atoms with Crippen molar-refractivity contribution in [1.82, 2.24) is 4.98 Å². The summed E-state index contributed by atoms with van der Waals surface area (Å²) in [6, 6.07) is 11.6. The van der Waals surface area contributed by atoms with Gasteiger partial charge >= 0.3 is 0 Å². The van der Waals surface area contributed by atoms with Gasteiger partial charge in [0.15, 0.2) is 0 Å². The Morgan fingerprint density at radius 1 is 1.32 bits per heavy atom. The highest BCUT2D eigenvalue weighted by Gasteiger charge is 2.35. The van der Waals surface area contributed by atoms with E-state index in [2.05, 4.69) is 42.8 Å². The maximum absolute atomic E-state index is 6.29. The van der Waals surface area contributed by atoms with E-state index in [1.165, 1.54) is 31.0 Å². The third-order valence-corrected chi connectivity index (χ3v) is 7.87. The van der Waals surface area contributed by atoms with E-state index in [1.54, 1.807) is 0 Å². The first-order valence-electron chi connectivity index (χ1n) is 7.37. The largest absolute Gasteiger partial charge is 0.375 e. The Balaban J connectivity index is 2.07. The molecule has 0 aliphatic carbocycles. The summed E-state index contributed by atoms with van der Waals surface area (Å²) in [6.45, 7) is 8.03. The summed E-state index contributed by atoms with van der Waals surface area (Å²) in [5.41, 5.74) is 1.38. The molecule has 0 amide bonds. The van der Waals surface area contributed by atoms with Crippen LogP contribution in [0.5, 0.6) is 0 Å². The first kappa shape index (κ1) is 15.0. The van der Waals surface area contributed by atoms with Crippen LogP contribution in [-0.2, 0) is 9.96 Å². The molecule has 0 spiro atoms. The van der Waals surface area contributed by atoms with E-state index in [9.17, 15) is 0 Å². The second kappa shape index (κ2) is 6.35. The average molecular weight is 293 g/mol. The summed E-state index contributed by atoms with van der Waals surface area (Å²) in [6.07, 6.45) is 4.92. The molecule has 1 atom stereocenters. The number of ether oxygens (including phenoxy) is 1. The standard InChI is InChI=1S/C15H26NOSi2/c1-19(2,3)16-13-18-15(11-7-8-12-17-15)14-9-5-4-6-10-14/h5-6,9-10,16H,7-8,11-13,18H2,1-3H3. The number of rotatable bonds is 5. The maximum Gasteiger partial charge on any atom is 0.116 e. The predicted molar refractivity (Wildman–Crippen MR) is 86.7 cm³/mol. The van der Waals surface area contributed by atoms with Gasteiger partial charge in [0.05, 0.1) is 14.7 Å². The van der Waals surface area contributed by atoms with Crippen molar-refractivity contribution < 1.29 is 4.74 Å². The highest BCUT2D eigenvalue weighted by Crippen LogP contribution is 2.33. The van der Waals surface area contributed by atoms with Crippen LogP contribution in [0, 0.1) is 6.07 Å². The van der Waals surface area contributed by atoms with Gasteiger partial charge < -0.3 is 9.72 Å². The fourth-order valence-electron chi connectivity index (χ4n) is 2.75. The van der Waals surface area contributed by atoms with E-state index in [0.717, 1.165) is 6.61 Å². The van der Waals surface area contributed by atoms with E-state index in [0.29, 0.717) is 0 Å². The first-order chi connectivity index (χ1) is 9.02. The van der Waals surface area contributed by atoms with Gasteiger partial charge in [-0.05, 0) is 37.1 Å². The van der Waals surface area contributed by atoms with E-state index in [4.69, 9.17) is 4.74 Å². The Morgan fingerprint density at radius 3 is 2.63 bits per heavy atom. The van der Waals surface area contributed by atoms with Gasteiger partial charge in [0.1, 0.15) is 8.24 Å². The lowest BCUT2D eigenvalue weighted by Crippen LogP contribution is -2.49. The van der Waals surface area contributed by atoms with Crippen molar-refractivity contribution in [2.75, 3.05) is 12.8 Å². The lowest BCUT2D eigenvalue weighted by Gasteiger charge is -2.38. The van der Waals surface area contributed by atoms with Crippen molar-refractivity contribution in [2.45, 2.75) is 44.1 Å². The fourth-order valence-corrected chi connectivity index (χ4v) is 7.97. The molecular weight excluding hydrogens is 266 g/mol. The van der Waals surface area contributed by atoms with Crippen LogP contribution >= 0.6 is 0 Å². The zero-order valence-electron chi connectivity index (χ0n) is 12.5. The third kappa shape index (κ3) is 4.28. The van der Waals surface area contributed by atoms with E-state index in [-0.39, 0.29) is 14.7 Å². The maximum atomic E-state index is 6.29. The monoisotopic (exact) mass is 292 g/mol. The molecule has 1 aliphatic rings. The molecule has 0 saturated carbocycles. The van der Waals surface area contributed by atoms with Gasteiger partial charge in [-0.15, -0.1) is 0 Å². The van der Waals surface area contributed by atoms with E-state index in [1.807, 2.05) is 12.1 Å².